The van der Waals surface area contributed by atoms with Gasteiger partial charge in [-0.05, 0) is 47.1 Å². The molecule has 128 valence electrons. The van der Waals surface area contributed by atoms with E-state index in [0.717, 1.165) is 19.4 Å². The lowest BCUT2D eigenvalue weighted by molar-refractivity contribution is -0.137. The first-order chi connectivity index (χ1) is 10.4. The topological polar surface area (TPSA) is 78.7 Å². The van der Waals surface area contributed by atoms with E-state index in [1.54, 1.807) is 0 Å². The van der Waals surface area contributed by atoms with E-state index in [-0.39, 0.29) is 29.8 Å². The van der Waals surface area contributed by atoms with Gasteiger partial charge in [-0.15, -0.1) is 0 Å². The van der Waals surface area contributed by atoms with Crippen LogP contribution in [0.15, 0.2) is 0 Å². The summed E-state index contributed by atoms with van der Waals surface area (Å²) in [5, 5.41) is 2.85. The number of amides is 2. The molecule has 1 aliphatic rings. The van der Waals surface area contributed by atoms with Crippen LogP contribution in [0.5, 0.6) is 0 Å². The second-order valence-corrected chi connectivity index (χ2v) is 6.64. The minimum atomic E-state index is -0.0281. The quantitative estimate of drug-likeness (QED) is 0.714. The number of hydrogen-bond acceptors (Lipinski definition) is 4. The molecule has 1 rings (SSSR count). The van der Waals surface area contributed by atoms with Crippen molar-refractivity contribution in [1.82, 2.24) is 15.1 Å². The fourth-order valence-electron chi connectivity index (χ4n) is 3.20. The molecule has 0 radical (unpaired) electrons. The number of rotatable bonds is 7. The van der Waals surface area contributed by atoms with E-state index in [2.05, 4.69) is 10.2 Å². The number of nitrogens with one attached hydrogen (secondary N) is 1. The van der Waals surface area contributed by atoms with Crippen molar-refractivity contribution in [2.75, 3.05) is 32.7 Å². The van der Waals surface area contributed by atoms with Crippen LogP contribution < -0.4 is 11.1 Å². The van der Waals surface area contributed by atoms with Gasteiger partial charge in [0, 0.05) is 31.7 Å². The van der Waals surface area contributed by atoms with E-state index < -0.39 is 0 Å². The van der Waals surface area contributed by atoms with Crippen molar-refractivity contribution in [3.05, 3.63) is 0 Å². The predicted molar refractivity (Wildman–Crippen MR) is 88.3 cm³/mol. The predicted octanol–water partition coefficient (Wildman–Crippen LogP) is 0.419. The van der Waals surface area contributed by atoms with Gasteiger partial charge in [0.05, 0.1) is 12.5 Å². The Hall–Kier alpha value is -1.14. The number of hydrogen-bond donors (Lipinski definition) is 2. The molecule has 22 heavy (non-hydrogen) atoms. The van der Waals surface area contributed by atoms with Gasteiger partial charge < -0.3 is 16.0 Å². The summed E-state index contributed by atoms with van der Waals surface area (Å²) in [7, 11) is 0. The fraction of sp³-hybridized carbons (Fsp3) is 0.875. The van der Waals surface area contributed by atoms with Gasteiger partial charge in [0.25, 0.3) is 0 Å². The van der Waals surface area contributed by atoms with Crippen LogP contribution in [0.25, 0.3) is 0 Å². The highest BCUT2D eigenvalue weighted by Crippen LogP contribution is 2.17. The Kier molecular flexibility index (Phi) is 7.82. The summed E-state index contributed by atoms with van der Waals surface area (Å²) in [5.74, 6) is 0.180. The van der Waals surface area contributed by atoms with Crippen molar-refractivity contribution in [3.63, 3.8) is 0 Å². The van der Waals surface area contributed by atoms with E-state index in [9.17, 15) is 9.59 Å². The van der Waals surface area contributed by atoms with E-state index >= 15 is 0 Å². The molecular weight excluding hydrogens is 280 g/mol. The molecule has 0 bridgehead atoms. The average molecular weight is 312 g/mol. The SMILES string of the molecule is CC(C)N(C(=O)CN1CCCC(C(=O)NCCN)C1)C(C)C. The number of likely N-dealkylation sites (tertiary alicyclic amines) is 1. The number of carbonyl (C=O) groups excluding carboxylic acids is 2. The largest absolute Gasteiger partial charge is 0.355 e. The Morgan fingerprint density at radius 2 is 1.91 bits per heavy atom. The maximum atomic E-state index is 12.5. The van der Waals surface area contributed by atoms with Crippen LogP contribution in [0, 0.1) is 5.92 Å². The minimum absolute atomic E-state index is 0.0281. The maximum absolute atomic E-state index is 12.5. The van der Waals surface area contributed by atoms with Crippen LogP contribution in [0.2, 0.25) is 0 Å². The van der Waals surface area contributed by atoms with E-state index in [1.807, 2.05) is 32.6 Å². The fourth-order valence-corrected chi connectivity index (χ4v) is 3.20. The second kappa shape index (κ2) is 9.10. The number of piperidine rings is 1. The third kappa shape index (κ3) is 5.57. The number of carbonyl (C=O) groups is 2. The highest BCUT2D eigenvalue weighted by Gasteiger charge is 2.28. The smallest absolute Gasteiger partial charge is 0.237 e. The van der Waals surface area contributed by atoms with Crippen LogP contribution >= 0.6 is 0 Å². The summed E-state index contributed by atoms with van der Waals surface area (Å²) in [5.41, 5.74) is 5.41. The molecule has 0 aliphatic carbocycles. The van der Waals surface area contributed by atoms with Gasteiger partial charge in [-0.25, -0.2) is 0 Å². The van der Waals surface area contributed by atoms with Gasteiger partial charge in [0.15, 0.2) is 0 Å². The van der Waals surface area contributed by atoms with Crippen molar-refractivity contribution >= 4 is 11.8 Å². The second-order valence-electron chi connectivity index (χ2n) is 6.64. The molecule has 1 saturated heterocycles. The van der Waals surface area contributed by atoms with Crippen molar-refractivity contribution in [3.8, 4) is 0 Å². The molecule has 1 fully saturated rings. The molecular formula is C16H32N4O2. The first-order valence-corrected chi connectivity index (χ1v) is 8.38. The zero-order chi connectivity index (χ0) is 16.7. The molecule has 1 heterocycles. The van der Waals surface area contributed by atoms with E-state index in [4.69, 9.17) is 5.73 Å². The summed E-state index contributed by atoms with van der Waals surface area (Å²) in [6.45, 7) is 11.1. The molecule has 2 amide bonds. The molecule has 6 nitrogen and oxygen atoms in total. The van der Waals surface area contributed by atoms with Gasteiger partial charge in [0.2, 0.25) is 11.8 Å². The normalized spacial score (nSPS) is 19.5. The molecule has 0 aromatic heterocycles. The highest BCUT2D eigenvalue weighted by atomic mass is 16.2. The molecule has 0 spiro atoms. The van der Waals surface area contributed by atoms with Crippen LogP contribution in [0.3, 0.4) is 0 Å². The lowest BCUT2D eigenvalue weighted by Gasteiger charge is -2.36. The number of nitrogens with zero attached hydrogens (tertiary/aromatic N) is 2. The van der Waals surface area contributed by atoms with Crippen LogP contribution in [-0.4, -0.2) is 66.4 Å². The first kappa shape index (κ1) is 18.9. The Balaban J connectivity index is 2.55. The van der Waals surface area contributed by atoms with Crippen LogP contribution in [0.4, 0.5) is 0 Å². The monoisotopic (exact) mass is 312 g/mol. The van der Waals surface area contributed by atoms with Crippen LogP contribution in [-0.2, 0) is 9.59 Å². The Bertz CT molecular complexity index is 363. The van der Waals surface area contributed by atoms with Crippen LogP contribution in [0.1, 0.15) is 40.5 Å². The van der Waals surface area contributed by atoms with Crippen molar-refractivity contribution in [2.45, 2.75) is 52.6 Å². The number of nitrogens with two attached hydrogens (primary N) is 1. The van der Waals surface area contributed by atoms with Crippen molar-refractivity contribution in [2.24, 2.45) is 11.7 Å². The summed E-state index contributed by atoms with van der Waals surface area (Å²) < 4.78 is 0. The van der Waals surface area contributed by atoms with Gasteiger partial charge in [-0.1, -0.05) is 0 Å². The van der Waals surface area contributed by atoms with Crippen molar-refractivity contribution in [1.29, 1.82) is 0 Å². The molecule has 6 heteroatoms. The third-order valence-corrected chi connectivity index (χ3v) is 4.08. The molecule has 0 aromatic carbocycles. The molecule has 3 N–H and O–H groups in total. The Morgan fingerprint density at radius 3 is 2.45 bits per heavy atom. The van der Waals surface area contributed by atoms with Gasteiger partial charge >= 0.3 is 0 Å². The highest BCUT2D eigenvalue weighted by molar-refractivity contribution is 5.80. The molecule has 1 atom stereocenters. The average Bonchev–Trinajstić information content (AvgIpc) is 2.44. The zero-order valence-electron chi connectivity index (χ0n) is 14.5. The van der Waals surface area contributed by atoms with Gasteiger partial charge in [-0.2, -0.15) is 0 Å². The lowest BCUT2D eigenvalue weighted by Crippen LogP contribution is -2.50. The lowest BCUT2D eigenvalue weighted by atomic mass is 9.97. The summed E-state index contributed by atoms with van der Waals surface area (Å²) in [6.07, 6.45) is 1.84. The summed E-state index contributed by atoms with van der Waals surface area (Å²) >= 11 is 0. The van der Waals surface area contributed by atoms with E-state index in [1.165, 1.54) is 0 Å². The Labute approximate surface area is 134 Å². The summed E-state index contributed by atoms with van der Waals surface area (Å²) in [4.78, 5) is 28.6. The van der Waals surface area contributed by atoms with Crippen molar-refractivity contribution < 1.29 is 9.59 Å². The maximum Gasteiger partial charge on any atom is 0.237 e. The Morgan fingerprint density at radius 1 is 1.27 bits per heavy atom. The molecule has 1 unspecified atom stereocenters. The zero-order valence-corrected chi connectivity index (χ0v) is 14.5. The molecule has 0 saturated carbocycles. The van der Waals surface area contributed by atoms with E-state index in [0.29, 0.717) is 26.2 Å². The third-order valence-electron chi connectivity index (χ3n) is 4.08. The van der Waals surface area contributed by atoms with Gasteiger partial charge in [0.1, 0.15) is 0 Å². The standard InChI is InChI=1S/C16H32N4O2/c1-12(2)20(13(3)4)15(21)11-19-9-5-6-14(10-19)16(22)18-8-7-17/h12-14H,5-11,17H2,1-4H3,(H,18,22). The minimum Gasteiger partial charge on any atom is -0.355 e. The molecule has 0 aromatic rings. The van der Waals surface area contributed by atoms with Gasteiger partial charge in [-0.3, -0.25) is 14.5 Å². The summed E-state index contributed by atoms with van der Waals surface area (Å²) in [6, 6.07) is 0.391. The first-order valence-electron chi connectivity index (χ1n) is 8.38. The molecule has 1 aliphatic heterocycles.